The summed E-state index contributed by atoms with van der Waals surface area (Å²) < 4.78 is 5.53. The monoisotopic (exact) mass is 233 g/mol. The molecule has 94 valence electrons. The van der Waals surface area contributed by atoms with E-state index in [1.807, 2.05) is 19.1 Å². The van der Waals surface area contributed by atoms with Crippen molar-refractivity contribution in [3.8, 4) is 5.75 Å². The molecule has 1 aliphatic carbocycles. The fourth-order valence-corrected chi connectivity index (χ4v) is 2.93. The lowest BCUT2D eigenvalue weighted by Gasteiger charge is -2.24. The first-order chi connectivity index (χ1) is 8.22. The molecule has 0 bridgehead atoms. The molecule has 0 radical (unpaired) electrons. The molecule has 3 atom stereocenters. The number of ether oxygens (including phenoxy) is 1. The van der Waals surface area contributed by atoms with E-state index >= 15 is 0 Å². The van der Waals surface area contributed by atoms with Gasteiger partial charge in [0.05, 0.1) is 6.61 Å². The smallest absolute Gasteiger partial charge is 0.119 e. The van der Waals surface area contributed by atoms with Gasteiger partial charge in [-0.25, -0.2) is 0 Å². The Labute approximate surface area is 104 Å². The van der Waals surface area contributed by atoms with Gasteiger partial charge in [-0.1, -0.05) is 31.9 Å². The summed E-state index contributed by atoms with van der Waals surface area (Å²) in [6.07, 6.45) is 3.91. The number of hydrogen-bond acceptors (Lipinski definition) is 2. The normalized spacial score (nSPS) is 25.8. The Kier molecular flexibility index (Phi) is 4.06. The van der Waals surface area contributed by atoms with Gasteiger partial charge in [-0.3, -0.25) is 0 Å². The Morgan fingerprint density at radius 1 is 1.41 bits per heavy atom. The molecule has 0 aromatic heterocycles. The van der Waals surface area contributed by atoms with E-state index in [2.05, 4.69) is 19.1 Å². The second-order valence-corrected chi connectivity index (χ2v) is 5.10. The van der Waals surface area contributed by atoms with E-state index in [0.717, 1.165) is 11.7 Å². The second-order valence-electron chi connectivity index (χ2n) is 5.10. The molecule has 0 heterocycles. The number of benzene rings is 1. The largest absolute Gasteiger partial charge is 0.494 e. The van der Waals surface area contributed by atoms with Crippen molar-refractivity contribution in [1.29, 1.82) is 0 Å². The summed E-state index contributed by atoms with van der Waals surface area (Å²) >= 11 is 0. The molecule has 2 nitrogen and oxygen atoms in total. The van der Waals surface area contributed by atoms with E-state index in [1.165, 1.54) is 24.8 Å². The van der Waals surface area contributed by atoms with Crippen LogP contribution in [0.4, 0.5) is 0 Å². The molecular formula is C15H23NO. The zero-order chi connectivity index (χ0) is 12.3. The van der Waals surface area contributed by atoms with E-state index in [0.29, 0.717) is 12.5 Å². The van der Waals surface area contributed by atoms with E-state index < -0.39 is 0 Å². The van der Waals surface area contributed by atoms with Gasteiger partial charge in [0.1, 0.15) is 5.75 Å². The highest BCUT2D eigenvalue weighted by Gasteiger charge is 2.29. The minimum atomic E-state index is 0.160. The standard InChI is InChI=1S/C15H23NO/c1-3-17-13-8-5-7-12(10-13)15(16)14-9-4-6-11(14)2/h5,7-8,10-11,14-15H,3-4,6,9,16H2,1-2H3. The van der Waals surface area contributed by atoms with Crippen molar-refractivity contribution in [3.63, 3.8) is 0 Å². The Hall–Kier alpha value is -1.02. The molecule has 1 fully saturated rings. The van der Waals surface area contributed by atoms with Gasteiger partial charge in [0.2, 0.25) is 0 Å². The Morgan fingerprint density at radius 3 is 2.88 bits per heavy atom. The summed E-state index contributed by atoms with van der Waals surface area (Å²) in [6.45, 7) is 5.04. The van der Waals surface area contributed by atoms with Gasteiger partial charge in [0.25, 0.3) is 0 Å². The van der Waals surface area contributed by atoms with Crippen LogP contribution in [0.5, 0.6) is 5.75 Å². The Bertz CT molecular complexity index is 364. The highest BCUT2D eigenvalue weighted by Crippen LogP contribution is 2.39. The predicted octanol–water partition coefficient (Wildman–Crippen LogP) is 3.52. The van der Waals surface area contributed by atoms with Crippen LogP contribution < -0.4 is 10.5 Å². The fraction of sp³-hybridized carbons (Fsp3) is 0.600. The van der Waals surface area contributed by atoms with Crippen molar-refractivity contribution < 1.29 is 4.74 Å². The van der Waals surface area contributed by atoms with Crippen molar-refractivity contribution in [2.45, 2.75) is 39.2 Å². The van der Waals surface area contributed by atoms with Gasteiger partial charge in [-0.15, -0.1) is 0 Å². The van der Waals surface area contributed by atoms with Gasteiger partial charge in [-0.2, -0.15) is 0 Å². The molecule has 0 spiro atoms. The van der Waals surface area contributed by atoms with Crippen LogP contribution in [0.15, 0.2) is 24.3 Å². The lowest BCUT2D eigenvalue weighted by Crippen LogP contribution is -2.23. The third-order valence-corrected chi connectivity index (χ3v) is 3.94. The van der Waals surface area contributed by atoms with Gasteiger partial charge >= 0.3 is 0 Å². The third-order valence-electron chi connectivity index (χ3n) is 3.94. The molecule has 2 heteroatoms. The zero-order valence-electron chi connectivity index (χ0n) is 10.9. The molecule has 2 rings (SSSR count). The van der Waals surface area contributed by atoms with Crippen molar-refractivity contribution in [1.82, 2.24) is 0 Å². The second kappa shape index (κ2) is 5.54. The lowest BCUT2D eigenvalue weighted by molar-refractivity contribution is 0.334. The summed E-state index contributed by atoms with van der Waals surface area (Å²) in [5.74, 6) is 2.32. The maximum Gasteiger partial charge on any atom is 0.119 e. The van der Waals surface area contributed by atoms with Gasteiger partial charge in [0.15, 0.2) is 0 Å². The minimum Gasteiger partial charge on any atom is -0.494 e. The van der Waals surface area contributed by atoms with Crippen LogP contribution in [-0.4, -0.2) is 6.61 Å². The molecule has 17 heavy (non-hydrogen) atoms. The Morgan fingerprint density at radius 2 is 2.24 bits per heavy atom. The molecule has 0 amide bonds. The molecule has 3 unspecified atom stereocenters. The fourth-order valence-electron chi connectivity index (χ4n) is 2.93. The van der Waals surface area contributed by atoms with Crippen molar-refractivity contribution in [3.05, 3.63) is 29.8 Å². The van der Waals surface area contributed by atoms with Crippen molar-refractivity contribution >= 4 is 0 Å². The van der Waals surface area contributed by atoms with E-state index in [9.17, 15) is 0 Å². The zero-order valence-corrected chi connectivity index (χ0v) is 10.9. The molecule has 1 aliphatic rings. The van der Waals surface area contributed by atoms with E-state index in [4.69, 9.17) is 10.5 Å². The average molecular weight is 233 g/mol. The summed E-state index contributed by atoms with van der Waals surface area (Å²) in [4.78, 5) is 0. The molecule has 0 aliphatic heterocycles. The topological polar surface area (TPSA) is 35.2 Å². The molecular weight excluding hydrogens is 210 g/mol. The Balaban J connectivity index is 2.12. The maximum atomic E-state index is 6.40. The number of nitrogens with two attached hydrogens (primary N) is 1. The maximum absolute atomic E-state index is 6.40. The quantitative estimate of drug-likeness (QED) is 0.863. The first-order valence-corrected chi connectivity index (χ1v) is 6.70. The van der Waals surface area contributed by atoms with Gasteiger partial charge in [0, 0.05) is 6.04 Å². The van der Waals surface area contributed by atoms with Crippen molar-refractivity contribution in [2.24, 2.45) is 17.6 Å². The third kappa shape index (κ3) is 2.81. The highest BCUT2D eigenvalue weighted by atomic mass is 16.5. The lowest BCUT2D eigenvalue weighted by atomic mass is 9.86. The molecule has 1 aromatic carbocycles. The molecule has 2 N–H and O–H groups in total. The average Bonchev–Trinajstić information content (AvgIpc) is 2.75. The summed E-state index contributed by atoms with van der Waals surface area (Å²) in [7, 11) is 0. The van der Waals surface area contributed by atoms with Crippen LogP contribution in [0.25, 0.3) is 0 Å². The van der Waals surface area contributed by atoms with Crippen LogP contribution in [0, 0.1) is 11.8 Å². The minimum absolute atomic E-state index is 0.160. The van der Waals surface area contributed by atoms with Crippen LogP contribution in [-0.2, 0) is 0 Å². The number of rotatable bonds is 4. The van der Waals surface area contributed by atoms with Crippen molar-refractivity contribution in [2.75, 3.05) is 6.61 Å². The predicted molar refractivity (Wildman–Crippen MR) is 71.0 cm³/mol. The highest BCUT2D eigenvalue weighted by molar-refractivity contribution is 5.31. The summed E-state index contributed by atoms with van der Waals surface area (Å²) in [6, 6.07) is 8.42. The van der Waals surface area contributed by atoms with Crippen LogP contribution >= 0.6 is 0 Å². The number of hydrogen-bond donors (Lipinski definition) is 1. The molecule has 1 saturated carbocycles. The van der Waals surface area contributed by atoms with Crippen LogP contribution in [0.1, 0.15) is 44.7 Å². The van der Waals surface area contributed by atoms with E-state index in [-0.39, 0.29) is 6.04 Å². The van der Waals surface area contributed by atoms with Gasteiger partial charge < -0.3 is 10.5 Å². The van der Waals surface area contributed by atoms with Crippen LogP contribution in [0.2, 0.25) is 0 Å². The SMILES string of the molecule is CCOc1cccc(C(N)C2CCCC2C)c1. The molecule has 1 aromatic rings. The van der Waals surface area contributed by atoms with Crippen LogP contribution in [0.3, 0.4) is 0 Å². The van der Waals surface area contributed by atoms with E-state index in [1.54, 1.807) is 0 Å². The first-order valence-electron chi connectivity index (χ1n) is 6.70. The first kappa shape index (κ1) is 12.4. The van der Waals surface area contributed by atoms with Gasteiger partial charge in [-0.05, 0) is 42.9 Å². The molecule has 0 saturated heterocycles. The summed E-state index contributed by atoms with van der Waals surface area (Å²) in [5, 5.41) is 0. The summed E-state index contributed by atoms with van der Waals surface area (Å²) in [5.41, 5.74) is 7.62.